The first-order chi connectivity index (χ1) is 28.4. The summed E-state index contributed by atoms with van der Waals surface area (Å²) in [5, 5.41) is 18.5. The Kier molecular flexibility index (Phi) is 30.0. The van der Waals surface area contributed by atoms with Crippen molar-refractivity contribution in [2.24, 2.45) is 0 Å². The maximum absolute atomic E-state index is 11.7. The van der Waals surface area contributed by atoms with Gasteiger partial charge in [0.1, 0.15) is 6.10 Å². The summed E-state index contributed by atoms with van der Waals surface area (Å²) in [6.07, 6.45) is 22.9. The number of carbonyl (C=O) groups excluding carboxylic acids is 7. The second-order valence-electron chi connectivity index (χ2n) is 15.6. The van der Waals surface area contributed by atoms with E-state index in [9.17, 15) is 43.8 Å². The van der Waals surface area contributed by atoms with E-state index in [2.05, 4.69) is 0 Å². The number of esters is 4. The second kappa shape index (κ2) is 32.3. The maximum Gasteiger partial charge on any atom is 0.306 e. The number of rotatable bonds is 22. The molecule has 13 nitrogen and oxygen atoms in total. The first kappa shape index (κ1) is 56.6. The Balaban J connectivity index is 0.000000881. The zero-order valence-corrected chi connectivity index (χ0v) is 38.2. The van der Waals surface area contributed by atoms with Crippen molar-refractivity contribution in [1.29, 1.82) is 0 Å². The number of Topliss-reactive ketones (excluding diaryl/α,β-unsaturated/α-hetero) is 3. The number of hydrogen-bond acceptors (Lipinski definition) is 13. The van der Waals surface area contributed by atoms with Gasteiger partial charge in [0, 0.05) is 39.0 Å². The van der Waals surface area contributed by atoms with Crippen LogP contribution in [0, 0.1) is 0 Å². The van der Waals surface area contributed by atoms with Gasteiger partial charge in [-0.2, -0.15) is 13.5 Å². The zero-order chi connectivity index (χ0) is 45.0. The summed E-state index contributed by atoms with van der Waals surface area (Å²) in [4.78, 5) is 79.1. The van der Waals surface area contributed by atoms with Crippen LogP contribution in [0.2, 0.25) is 0 Å². The van der Waals surface area contributed by atoms with Crippen LogP contribution in [0.5, 0.6) is 0 Å². The molecule has 0 radical (unpaired) electrons. The molecule has 0 aromatic carbocycles. The van der Waals surface area contributed by atoms with Crippen LogP contribution in [-0.2, 0) is 52.5 Å². The zero-order valence-electron chi connectivity index (χ0n) is 37.2. The van der Waals surface area contributed by atoms with Crippen LogP contribution in [0.25, 0.3) is 0 Å². The minimum absolute atomic E-state index is 0. The lowest BCUT2D eigenvalue weighted by Gasteiger charge is -2.06. The predicted molar refractivity (Wildman–Crippen MR) is 238 cm³/mol. The molecule has 0 fully saturated rings. The first-order valence-corrected chi connectivity index (χ1v) is 21.1. The molecule has 2 N–H and O–H groups in total. The highest BCUT2D eigenvalue weighted by Gasteiger charge is 2.25. The molecule has 3 aliphatic carbocycles. The van der Waals surface area contributed by atoms with Gasteiger partial charge in [-0.1, -0.05) is 36.5 Å². The monoisotopic (exact) mass is 874 g/mol. The summed E-state index contributed by atoms with van der Waals surface area (Å²) in [6, 6.07) is 0. The lowest BCUT2D eigenvalue weighted by Crippen LogP contribution is -2.12. The summed E-state index contributed by atoms with van der Waals surface area (Å²) in [6.45, 7) is 12.3. The normalized spacial score (nSPS) is 18.5. The Hall–Kier alpha value is -4.40. The molecule has 0 amide bonds. The molecule has 0 saturated heterocycles. The SMILES string of the molecule is CC(=O)O[C@H]1C=C(C/C=C\CCCC(=O)OC(C)C)C(=O)C1.CC(C)OC(=O)CCC/C=C\CC1=CC(O)CC1=O.CC(C)OC(=O)CCC/C=C\CC1=C[C@@H](O)CC1=O.S. The number of aliphatic hydroxyl groups is 2. The van der Waals surface area contributed by atoms with E-state index in [0.29, 0.717) is 55.2 Å². The Bertz CT molecular complexity index is 1540. The van der Waals surface area contributed by atoms with Crippen molar-refractivity contribution < 1.29 is 62.7 Å². The summed E-state index contributed by atoms with van der Waals surface area (Å²) in [5.74, 6) is -0.812. The minimum Gasteiger partial charge on any atom is -0.463 e. The van der Waals surface area contributed by atoms with E-state index in [1.165, 1.54) is 6.92 Å². The van der Waals surface area contributed by atoms with Crippen molar-refractivity contribution >= 4 is 54.7 Å². The fourth-order valence-electron chi connectivity index (χ4n) is 5.98. The van der Waals surface area contributed by atoms with Gasteiger partial charge in [-0.25, -0.2) is 0 Å². The molecule has 0 aliphatic heterocycles. The van der Waals surface area contributed by atoms with E-state index >= 15 is 0 Å². The Labute approximate surface area is 369 Å². The molecule has 3 aliphatic rings. The Morgan fingerprint density at radius 2 is 0.869 bits per heavy atom. The molecule has 342 valence electrons. The lowest BCUT2D eigenvalue weighted by molar-refractivity contribution is -0.148. The molecule has 3 rings (SSSR count). The fraction of sp³-hybridized carbons (Fsp3) is 0.596. The molecular weight excluding hydrogens is 805 g/mol. The molecular formula is C47H70O13S. The molecule has 0 spiro atoms. The molecule has 61 heavy (non-hydrogen) atoms. The van der Waals surface area contributed by atoms with Crippen LogP contribution >= 0.6 is 13.5 Å². The third kappa shape index (κ3) is 28.7. The summed E-state index contributed by atoms with van der Waals surface area (Å²) in [7, 11) is 0. The molecule has 0 heterocycles. The standard InChI is InChI=1S/C17H24O5.2C15H22O4.H2S/c1-12(2)21-17(20)9-7-5-4-6-8-14-10-15(11-16(14)19)22-13(3)18;2*1-11(2)19-15(18)8-6-4-3-5-7-12-9-13(16)10-14(12)17;/h4,6,10,12,15H,5,7-9,11H2,1-3H3;2*3,5,9,11,13,16H,4,6-8,10H2,1-2H3;1H2/b6-4-;2*5-3-;/t15-;13-;;/m01../s1. The number of ketones is 3. The van der Waals surface area contributed by atoms with Crippen molar-refractivity contribution in [3.8, 4) is 0 Å². The van der Waals surface area contributed by atoms with E-state index in [1.54, 1.807) is 18.2 Å². The van der Waals surface area contributed by atoms with Crippen molar-refractivity contribution in [1.82, 2.24) is 0 Å². The van der Waals surface area contributed by atoms with Crippen molar-refractivity contribution in [2.45, 2.75) is 181 Å². The number of unbranched alkanes of at least 4 members (excludes halogenated alkanes) is 3. The minimum atomic E-state index is -0.610. The van der Waals surface area contributed by atoms with Crippen LogP contribution in [0.3, 0.4) is 0 Å². The van der Waals surface area contributed by atoms with Gasteiger partial charge in [0.2, 0.25) is 0 Å². The van der Waals surface area contributed by atoms with E-state index in [-0.39, 0.29) is 92.3 Å². The number of allylic oxidation sites excluding steroid dienone is 9. The number of ether oxygens (including phenoxy) is 4. The third-order valence-electron chi connectivity index (χ3n) is 8.61. The Morgan fingerprint density at radius 3 is 1.15 bits per heavy atom. The van der Waals surface area contributed by atoms with Crippen molar-refractivity contribution in [3.05, 3.63) is 71.4 Å². The van der Waals surface area contributed by atoms with Crippen molar-refractivity contribution in [3.63, 3.8) is 0 Å². The average molecular weight is 875 g/mol. The highest BCUT2D eigenvalue weighted by molar-refractivity contribution is 7.59. The highest BCUT2D eigenvalue weighted by atomic mass is 32.1. The number of hydrogen-bond donors (Lipinski definition) is 2. The highest BCUT2D eigenvalue weighted by Crippen LogP contribution is 2.22. The molecule has 1 unspecified atom stereocenters. The fourth-order valence-corrected chi connectivity index (χ4v) is 5.98. The van der Waals surface area contributed by atoms with Gasteiger partial charge in [0.25, 0.3) is 0 Å². The third-order valence-corrected chi connectivity index (χ3v) is 8.61. The maximum atomic E-state index is 11.7. The Morgan fingerprint density at radius 1 is 0.557 bits per heavy atom. The predicted octanol–water partition coefficient (Wildman–Crippen LogP) is 7.63. The van der Waals surface area contributed by atoms with Gasteiger partial charge < -0.3 is 29.2 Å². The van der Waals surface area contributed by atoms with Gasteiger partial charge in [0.15, 0.2) is 17.3 Å². The second-order valence-corrected chi connectivity index (χ2v) is 15.6. The lowest BCUT2D eigenvalue weighted by atomic mass is 10.1. The van der Waals surface area contributed by atoms with Gasteiger partial charge in [-0.3, -0.25) is 33.6 Å². The molecule has 14 heteroatoms. The topological polar surface area (TPSA) is 197 Å². The molecule has 0 aromatic rings. The summed E-state index contributed by atoms with van der Waals surface area (Å²) in [5.41, 5.74) is 2.05. The number of aliphatic hydroxyl groups excluding tert-OH is 2. The van der Waals surface area contributed by atoms with Gasteiger partial charge in [-0.15, -0.1) is 0 Å². The molecule has 0 saturated carbocycles. The molecule has 0 aromatic heterocycles. The van der Waals surface area contributed by atoms with E-state index in [1.807, 2.05) is 78.0 Å². The average Bonchev–Trinajstić information content (AvgIpc) is 3.77. The molecule has 3 atom stereocenters. The van der Waals surface area contributed by atoms with Crippen LogP contribution in [0.15, 0.2) is 71.4 Å². The first-order valence-electron chi connectivity index (χ1n) is 21.1. The smallest absolute Gasteiger partial charge is 0.306 e. The van der Waals surface area contributed by atoms with Gasteiger partial charge in [-0.05, 0) is 134 Å². The molecule has 0 bridgehead atoms. The van der Waals surface area contributed by atoms with Crippen LogP contribution in [0.4, 0.5) is 0 Å². The van der Waals surface area contributed by atoms with E-state index in [0.717, 1.165) is 38.5 Å². The van der Waals surface area contributed by atoms with Crippen LogP contribution in [0.1, 0.15) is 145 Å². The van der Waals surface area contributed by atoms with Crippen LogP contribution < -0.4 is 0 Å². The van der Waals surface area contributed by atoms with Gasteiger partial charge >= 0.3 is 23.9 Å². The summed E-state index contributed by atoms with van der Waals surface area (Å²) >= 11 is 0. The number of carbonyl (C=O) groups is 7. The van der Waals surface area contributed by atoms with Crippen molar-refractivity contribution in [2.75, 3.05) is 0 Å². The van der Waals surface area contributed by atoms with Crippen LogP contribution in [-0.4, -0.2) is 88.1 Å². The van der Waals surface area contributed by atoms with E-state index < -0.39 is 18.3 Å². The van der Waals surface area contributed by atoms with Gasteiger partial charge in [0.05, 0.1) is 36.9 Å². The summed E-state index contributed by atoms with van der Waals surface area (Å²) < 4.78 is 20.1. The van der Waals surface area contributed by atoms with E-state index in [4.69, 9.17) is 18.9 Å². The largest absolute Gasteiger partial charge is 0.463 e. The quantitative estimate of drug-likeness (QED) is 0.0467.